The Morgan fingerprint density at radius 2 is 2.12 bits per heavy atom. The van der Waals surface area contributed by atoms with E-state index in [1.165, 1.54) is 0 Å². The van der Waals surface area contributed by atoms with Crippen LogP contribution in [0.2, 0.25) is 5.02 Å². The molecule has 1 aromatic rings. The average Bonchev–Trinajstić information content (AvgIpc) is 2.38. The van der Waals surface area contributed by atoms with Gasteiger partial charge < -0.3 is 9.64 Å². The van der Waals surface area contributed by atoms with Crippen LogP contribution in [-0.2, 0) is 4.74 Å². The molecule has 0 N–H and O–H groups in total. The van der Waals surface area contributed by atoms with E-state index in [0.717, 1.165) is 31.6 Å². The van der Waals surface area contributed by atoms with Gasteiger partial charge in [0.05, 0.1) is 22.4 Å². The summed E-state index contributed by atoms with van der Waals surface area (Å²) in [5, 5.41) is 9.67. The van der Waals surface area contributed by atoms with Gasteiger partial charge in [0.15, 0.2) is 0 Å². The molecule has 0 atom stereocenters. The topological polar surface area (TPSA) is 36.3 Å². The Hall–Kier alpha value is -1.24. The van der Waals surface area contributed by atoms with Gasteiger partial charge in [-0.2, -0.15) is 5.26 Å². The number of hydrogen-bond acceptors (Lipinski definition) is 3. The van der Waals surface area contributed by atoms with Gasteiger partial charge in [0, 0.05) is 20.2 Å². The van der Waals surface area contributed by atoms with Gasteiger partial charge in [-0.1, -0.05) is 17.7 Å². The Bertz CT molecular complexity index is 434. The number of benzene rings is 1. The molecule has 17 heavy (non-hydrogen) atoms. The van der Waals surface area contributed by atoms with E-state index < -0.39 is 0 Å². The van der Waals surface area contributed by atoms with Crippen LogP contribution in [0.15, 0.2) is 18.2 Å². The van der Waals surface area contributed by atoms with E-state index in [2.05, 4.69) is 11.0 Å². The van der Waals surface area contributed by atoms with E-state index in [1.807, 2.05) is 12.1 Å². The van der Waals surface area contributed by atoms with Crippen molar-refractivity contribution in [3.05, 3.63) is 28.8 Å². The molecular formula is C13H15ClN2O. The summed E-state index contributed by atoms with van der Waals surface area (Å²) in [6.07, 6.45) is 2.33. The van der Waals surface area contributed by atoms with E-state index >= 15 is 0 Å². The Balaban J connectivity index is 2.19. The first-order valence-corrected chi connectivity index (χ1v) is 6.10. The van der Waals surface area contributed by atoms with Gasteiger partial charge in [-0.25, -0.2) is 0 Å². The molecule has 0 aromatic heterocycles. The number of ether oxygens (including phenoxy) is 1. The quantitative estimate of drug-likeness (QED) is 0.810. The minimum absolute atomic E-state index is 0.343. The van der Waals surface area contributed by atoms with Crippen molar-refractivity contribution in [3.8, 4) is 6.07 Å². The van der Waals surface area contributed by atoms with E-state index in [0.29, 0.717) is 16.7 Å². The minimum atomic E-state index is 0.343. The van der Waals surface area contributed by atoms with Gasteiger partial charge in [0.25, 0.3) is 0 Å². The van der Waals surface area contributed by atoms with Gasteiger partial charge in [-0.3, -0.25) is 0 Å². The molecule has 0 amide bonds. The first-order chi connectivity index (χ1) is 8.26. The summed E-state index contributed by atoms with van der Waals surface area (Å²) < 4.78 is 5.34. The van der Waals surface area contributed by atoms with Gasteiger partial charge in [0.1, 0.15) is 6.07 Å². The molecular weight excluding hydrogens is 236 g/mol. The standard InChI is InChI=1S/C13H15ClN2O/c1-17-10-5-7-16(8-6-10)13-4-2-3-12(14)11(13)9-15/h2-4,10H,5-8H2,1H3. The Labute approximate surface area is 107 Å². The molecule has 1 saturated heterocycles. The van der Waals surface area contributed by atoms with Crippen molar-refractivity contribution in [3.63, 3.8) is 0 Å². The molecule has 0 spiro atoms. The number of anilines is 1. The number of nitrogens with zero attached hydrogens (tertiary/aromatic N) is 2. The highest BCUT2D eigenvalue weighted by molar-refractivity contribution is 6.32. The molecule has 3 nitrogen and oxygen atoms in total. The first kappa shape index (κ1) is 12.2. The normalized spacial score (nSPS) is 16.9. The van der Waals surface area contributed by atoms with Crippen molar-refractivity contribution in [2.75, 3.05) is 25.1 Å². The van der Waals surface area contributed by atoms with Crippen molar-refractivity contribution in [1.82, 2.24) is 0 Å². The largest absolute Gasteiger partial charge is 0.381 e. The summed E-state index contributed by atoms with van der Waals surface area (Å²) in [6, 6.07) is 7.78. The summed E-state index contributed by atoms with van der Waals surface area (Å²) in [6.45, 7) is 1.82. The van der Waals surface area contributed by atoms with Crippen LogP contribution < -0.4 is 4.90 Å². The summed E-state index contributed by atoms with van der Waals surface area (Å²) in [5.74, 6) is 0. The monoisotopic (exact) mass is 250 g/mol. The highest BCUT2D eigenvalue weighted by Gasteiger charge is 2.21. The molecule has 1 aromatic carbocycles. The third-order valence-electron chi connectivity index (χ3n) is 3.22. The molecule has 0 unspecified atom stereocenters. The smallest absolute Gasteiger partial charge is 0.103 e. The zero-order chi connectivity index (χ0) is 12.3. The van der Waals surface area contributed by atoms with E-state index in [1.54, 1.807) is 13.2 Å². The molecule has 2 rings (SSSR count). The highest BCUT2D eigenvalue weighted by atomic mass is 35.5. The summed E-state index contributed by atoms with van der Waals surface area (Å²) in [5.41, 5.74) is 1.51. The second-order valence-corrected chi connectivity index (χ2v) is 4.58. The number of piperidine rings is 1. The van der Waals surface area contributed by atoms with Crippen LogP contribution in [0.3, 0.4) is 0 Å². The molecule has 4 heteroatoms. The molecule has 1 aliphatic rings. The molecule has 0 aliphatic carbocycles. The Kier molecular flexibility index (Phi) is 3.88. The van der Waals surface area contributed by atoms with E-state index in [4.69, 9.17) is 21.6 Å². The molecule has 0 saturated carbocycles. The fourth-order valence-corrected chi connectivity index (χ4v) is 2.43. The summed E-state index contributed by atoms with van der Waals surface area (Å²) in [4.78, 5) is 2.21. The second-order valence-electron chi connectivity index (χ2n) is 4.17. The average molecular weight is 251 g/mol. The van der Waals surface area contributed by atoms with Crippen LogP contribution in [0.25, 0.3) is 0 Å². The minimum Gasteiger partial charge on any atom is -0.381 e. The number of rotatable bonds is 2. The van der Waals surface area contributed by atoms with Crippen molar-refractivity contribution in [1.29, 1.82) is 5.26 Å². The maximum absolute atomic E-state index is 9.14. The van der Waals surface area contributed by atoms with Gasteiger partial charge in [-0.05, 0) is 25.0 Å². The summed E-state index contributed by atoms with van der Waals surface area (Å²) in [7, 11) is 1.75. The lowest BCUT2D eigenvalue weighted by atomic mass is 10.1. The van der Waals surface area contributed by atoms with Crippen LogP contribution in [0.1, 0.15) is 18.4 Å². The van der Waals surface area contributed by atoms with Crippen molar-refractivity contribution >= 4 is 17.3 Å². The zero-order valence-electron chi connectivity index (χ0n) is 9.82. The predicted molar refractivity (Wildman–Crippen MR) is 68.4 cm³/mol. The van der Waals surface area contributed by atoms with Crippen LogP contribution in [-0.4, -0.2) is 26.3 Å². The highest BCUT2D eigenvalue weighted by Crippen LogP contribution is 2.29. The lowest BCUT2D eigenvalue weighted by Gasteiger charge is -2.33. The molecule has 90 valence electrons. The Morgan fingerprint density at radius 3 is 2.71 bits per heavy atom. The molecule has 1 fully saturated rings. The fourth-order valence-electron chi connectivity index (χ4n) is 2.22. The fraction of sp³-hybridized carbons (Fsp3) is 0.462. The first-order valence-electron chi connectivity index (χ1n) is 5.72. The number of hydrogen-bond donors (Lipinski definition) is 0. The van der Waals surface area contributed by atoms with Crippen molar-refractivity contribution in [2.45, 2.75) is 18.9 Å². The maximum atomic E-state index is 9.14. The third-order valence-corrected chi connectivity index (χ3v) is 3.53. The molecule has 0 bridgehead atoms. The van der Waals surface area contributed by atoms with Crippen LogP contribution >= 0.6 is 11.6 Å². The maximum Gasteiger partial charge on any atom is 0.103 e. The predicted octanol–water partition coefficient (Wildman–Crippen LogP) is 2.83. The van der Waals surface area contributed by atoms with E-state index in [-0.39, 0.29) is 0 Å². The second kappa shape index (κ2) is 5.39. The van der Waals surface area contributed by atoms with Gasteiger partial charge in [0.2, 0.25) is 0 Å². The molecule has 0 radical (unpaired) electrons. The van der Waals surface area contributed by atoms with Crippen LogP contribution in [0, 0.1) is 11.3 Å². The zero-order valence-corrected chi connectivity index (χ0v) is 10.6. The number of nitriles is 1. The Morgan fingerprint density at radius 1 is 1.41 bits per heavy atom. The van der Waals surface area contributed by atoms with Crippen molar-refractivity contribution in [2.24, 2.45) is 0 Å². The van der Waals surface area contributed by atoms with Gasteiger partial charge >= 0.3 is 0 Å². The van der Waals surface area contributed by atoms with Gasteiger partial charge in [-0.15, -0.1) is 0 Å². The molecule has 1 heterocycles. The SMILES string of the molecule is COC1CCN(c2cccc(Cl)c2C#N)CC1. The van der Waals surface area contributed by atoms with E-state index in [9.17, 15) is 0 Å². The third kappa shape index (κ3) is 2.54. The lowest BCUT2D eigenvalue weighted by molar-refractivity contribution is 0.0819. The van der Waals surface area contributed by atoms with Crippen LogP contribution in [0.5, 0.6) is 0 Å². The summed E-state index contributed by atoms with van der Waals surface area (Å²) >= 11 is 6.03. The van der Waals surface area contributed by atoms with Crippen molar-refractivity contribution < 1.29 is 4.74 Å². The lowest BCUT2D eigenvalue weighted by Crippen LogP contribution is -2.37. The van der Waals surface area contributed by atoms with Crippen LogP contribution in [0.4, 0.5) is 5.69 Å². The molecule has 1 aliphatic heterocycles. The number of methoxy groups -OCH3 is 1. The number of halogens is 1.